The summed E-state index contributed by atoms with van der Waals surface area (Å²) in [6.07, 6.45) is 0. The summed E-state index contributed by atoms with van der Waals surface area (Å²) in [4.78, 5) is 5.57. The number of hydrogen-bond donors (Lipinski definition) is 1. The summed E-state index contributed by atoms with van der Waals surface area (Å²) in [6, 6.07) is 0. The standard InChI is InChI=1S/C10H18N2OS2/c1-7-8(2)14-9(12-7)5-15(13)6-10(3,4)11/h5-6,11H2,1-4H3. The Bertz CT molecular complexity index is 346. The van der Waals surface area contributed by atoms with E-state index in [9.17, 15) is 4.21 Å². The summed E-state index contributed by atoms with van der Waals surface area (Å²) in [6.45, 7) is 7.80. The van der Waals surface area contributed by atoms with Crippen LogP contribution in [0.3, 0.4) is 0 Å². The maximum absolute atomic E-state index is 11.7. The van der Waals surface area contributed by atoms with Gasteiger partial charge in [-0.3, -0.25) is 4.21 Å². The number of nitrogens with two attached hydrogens (primary N) is 1. The molecule has 0 radical (unpaired) electrons. The Morgan fingerprint density at radius 1 is 1.47 bits per heavy atom. The fourth-order valence-corrected chi connectivity index (χ4v) is 3.84. The number of rotatable bonds is 4. The van der Waals surface area contributed by atoms with Gasteiger partial charge in [0.15, 0.2) is 0 Å². The monoisotopic (exact) mass is 246 g/mol. The smallest absolute Gasteiger partial charge is 0.106 e. The molecule has 1 aromatic rings. The second-order valence-electron chi connectivity index (χ2n) is 4.47. The number of hydrogen-bond acceptors (Lipinski definition) is 4. The van der Waals surface area contributed by atoms with E-state index in [1.165, 1.54) is 4.88 Å². The lowest BCUT2D eigenvalue weighted by molar-refractivity contribution is 0.577. The van der Waals surface area contributed by atoms with E-state index in [4.69, 9.17) is 5.73 Å². The van der Waals surface area contributed by atoms with E-state index in [2.05, 4.69) is 4.98 Å². The molecule has 5 heteroatoms. The largest absolute Gasteiger partial charge is 0.325 e. The van der Waals surface area contributed by atoms with Gasteiger partial charge in [-0.1, -0.05) is 0 Å². The van der Waals surface area contributed by atoms with Gasteiger partial charge in [-0.25, -0.2) is 4.98 Å². The van der Waals surface area contributed by atoms with Crippen LogP contribution in [0.1, 0.15) is 29.4 Å². The molecule has 0 aliphatic carbocycles. The third-order valence-corrected chi connectivity index (χ3v) is 4.81. The lowest BCUT2D eigenvalue weighted by Gasteiger charge is -2.16. The number of aryl methyl sites for hydroxylation is 2. The second kappa shape index (κ2) is 4.72. The summed E-state index contributed by atoms with van der Waals surface area (Å²) in [5, 5.41) is 0.951. The summed E-state index contributed by atoms with van der Waals surface area (Å²) < 4.78 is 11.7. The van der Waals surface area contributed by atoms with E-state index in [1.807, 2.05) is 27.7 Å². The molecule has 0 aliphatic rings. The SMILES string of the molecule is Cc1nc(CS(=O)CC(C)(C)N)sc1C. The molecule has 86 valence electrons. The molecule has 0 bridgehead atoms. The minimum atomic E-state index is -0.912. The van der Waals surface area contributed by atoms with Crippen molar-refractivity contribution in [3.8, 4) is 0 Å². The Kier molecular flexibility index (Phi) is 4.03. The predicted octanol–water partition coefficient (Wildman–Crippen LogP) is 1.75. The van der Waals surface area contributed by atoms with Crippen molar-refractivity contribution in [2.75, 3.05) is 5.75 Å². The van der Waals surface area contributed by atoms with Crippen LogP contribution in [0.25, 0.3) is 0 Å². The fraction of sp³-hybridized carbons (Fsp3) is 0.700. The predicted molar refractivity (Wildman–Crippen MR) is 66.6 cm³/mol. The minimum absolute atomic E-state index is 0.369. The minimum Gasteiger partial charge on any atom is -0.325 e. The molecule has 3 nitrogen and oxygen atoms in total. The van der Waals surface area contributed by atoms with Crippen LogP contribution < -0.4 is 5.73 Å². The van der Waals surface area contributed by atoms with Gasteiger partial charge in [-0.2, -0.15) is 0 Å². The molecule has 0 saturated carbocycles. The summed E-state index contributed by atoms with van der Waals surface area (Å²) >= 11 is 1.62. The van der Waals surface area contributed by atoms with Crippen molar-refractivity contribution in [1.82, 2.24) is 4.98 Å². The lowest BCUT2D eigenvalue weighted by Crippen LogP contribution is -2.38. The molecule has 0 aromatic carbocycles. The summed E-state index contributed by atoms with van der Waals surface area (Å²) in [7, 11) is -0.912. The highest BCUT2D eigenvalue weighted by atomic mass is 32.2. The normalized spacial score (nSPS) is 14.2. The van der Waals surface area contributed by atoms with Crippen LogP contribution in [0, 0.1) is 13.8 Å². The molecule has 1 aromatic heterocycles. The Labute approximate surface area is 97.6 Å². The topological polar surface area (TPSA) is 56.0 Å². The van der Waals surface area contributed by atoms with E-state index in [-0.39, 0.29) is 5.54 Å². The zero-order valence-electron chi connectivity index (χ0n) is 9.66. The van der Waals surface area contributed by atoms with Crippen molar-refractivity contribution in [3.63, 3.8) is 0 Å². The van der Waals surface area contributed by atoms with Crippen molar-refractivity contribution in [2.45, 2.75) is 39.0 Å². The van der Waals surface area contributed by atoms with Crippen LogP contribution in [0.5, 0.6) is 0 Å². The summed E-state index contributed by atoms with van der Waals surface area (Å²) in [5.41, 5.74) is 6.49. The highest BCUT2D eigenvalue weighted by Crippen LogP contribution is 2.18. The number of thiazole rings is 1. The maximum Gasteiger partial charge on any atom is 0.106 e. The molecule has 0 saturated heterocycles. The van der Waals surface area contributed by atoms with E-state index in [1.54, 1.807) is 11.3 Å². The molecule has 2 N–H and O–H groups in total. The van der Waals surface area contributed by atoms with E-state index >= 15 is 0 Å². The molecule has 1 atom stereocenters. The maximum atomic E-state index is 11.7. The Hall–Kier alpha value is -0.260. The van der Waals surface area contributed by atoms with Gasteiger partial charge in [0.25, 0.3) is 0 Å². The van der Waals surface area contributed by atoms with Gasteiger partial charge in [0.05, 0.1) is 11.4 Å². The first-order valence-corrected chi connectivity index (χ1v) is 7.15. The average Bonchev–Trinajstić information content (AvgIpc) is 2.26. The lowest BCUT2D eigenvalue weighted by atomic mass is 10.1. The van der Waals surface area contributed by atoms with Gasteiger partial charge in [0.2, 0.25) is 0 Å². The van der Waals surface area contributed by atoms with Crippen molar-refractivity contribution < 1.29 is 4.21 Å². The third kappa shape index (κ3) is 4.40. The van der Waals surface area contributed by atoms with Crippen LogP contribution in [0.15, 0.2) is 0 Å². The molecule has 0 aliphatic heterocycles. The zero-order chi connectivity index (χ0) is 11.6. The van der Waals surface area contributed by atoms with Crippen LogP contribution >= 0.6 is 11.3 Å². The first kappa shape index (κ1) is 12.8. The van der Waals surface area contributed by atoms with E-state index in [0.717, 1.165) is 10.7 Å². The molecule has 0 amide bonds. The van der Waals surface area contributed by atoms with Crippen LogP contribution in [-0.4, -0.2) is 20.5 Å². The van der Waals surface area contributed by atoms with Gasteiger partial charge in [0.1, 0.15) is 5.01 Å². The van der Waals surface area contributed by atoms with Crippen LogP contribution in [0.2, 0.25) is 0 Å². The molecule has 1 heterocycles. The van der Waals surface area contributed by atoms with Gasteiger partial charge in [0, 0.05) is 27.0 Å². The molecular formula is C10H18N2OS2. The highest BCUT2D eigenvalue weighted by molar-refractivity contribution is 7.84. The fourth-order valence-electron chi connectivity index (χ4n) is 1.20. The van der Waals surface area contributed by atoms with Gasteiger partial charge in [-0.15, -0.1) is 11.3 Å². The molecule has 0 fully saturated rings. The van der Waals surface area contributed by atoms with Gasteiger partial charge < -0.3 is 5.73 Å². The van der Waals surface area contributed by atoms with E-state index < -0.39 is 10.8 Å². The number of nitrogens with zero attached hydrogens (tertiary/aromatic N) is 1. The third-order valence-electron chi connectivity index (χ3n) is 1.89. The zero-order valence-corrected chi connectivity index (χ0v) is 11.3. The van der Waals surface area contributed by atoms with Crippen molar-refractivity contribution >= 4 is 22.1 Å². The van der Waals surface area contributed by atoms with Crippen molar-refractivity contribution in [3.05, 3.63) is 15.6 Å². The number of aromatic nitrogens is 1. The summed E-state index contributed by atoms with van der Waals surface area (Å²) in [5.74, 6) is 1.05. The molecule has 1 rings (SSSR count). The Morgan fingerprint density at radius 2 is 2.07 bits per heavy atom. The van der Waals surface area contributed by atoms with Gasteiger partial charge >= 0.3 is 0 Å². The quantitative estimate of drug-likeness (QED) is 0.880. The van der Waals surface area contributed by atoms with Crippen molar-refractivity contribution in [1.29, 1.82) is 0 Å². The second-order valence-corrected chi connectivity index (χ2v) is 7.21. The Balaban J connectivity index is 2.59. The molecule has 15 heavy (non-hydrogen) atoms. The van der Waals surface area contributed by atoms with E-state index in [0.29, 0.717) is 11.5 Å². The Morgan fingerprint density at radius 3 is 2.47 bits per heavy atom. The van der Waals surface area contributed by atoms with Gasteiger partial charge in [-0.05, 0) is 27.7 Å². The van der Waals surface area contributed by atoms with Crippen molar-refractivity contribution in [2.24, 2.45) is 5.73 Å². The van der Waals surface area contributed by atoms with Crippen LogP contribution in [0.4, 0.5) is 0 Å². The molecule has 1 unspecified atom stereocenters. The first-order valence-electron chi connectivity index (χ1n) is 4.85. The highest BCUT2D eigenvalue weighted by Gasteiger charge is 2.16. The molecular weight excluding hydrogens is 228 g/mol. The average molecular weight is 246 g/mol. The first-order chi connectivity index (χ1) is 6.78. The van der Waals surface area contributed by atoms with Crippen LogP contribution in [-0.2, 0) is 16.6 Å². The molecule has 0 spiro atoms.